The third-order valence-electron chi connectivity index (χ3n) is 3.63. The van der Waals surface area contributed by atoms with Crippen molar-refractivity contribution in [2.45, 2.75) is 32.8 Å². The van der Waals surface area contributed by atoms with Crippen LogP contribution in [0.5, 0.6) is 5.75 Å². The fourth-order valence-corrected chi connectivity index (χ4v) is 2.68. The van der Waals surface area contributed by atoms with E-state index in [0.29, 0.717) is 6.42 Å². The lowest BCUT2D eigenvalue weighted by atomic mass is 10.0. The molecule has 0 bridgehead atoms. The summed E-state index contributed by atoms with van der Waals surface area (Å²) in [5.74, 6) is 0.855. The number of nitrogens with zero attached hydrogens (tertiary/aromatic N) is 2. The van der Waals surface area contributed by atoms with Gasteiger partial charge in [-0.1, -0.05) is 0 Å². The number of H-pyrrole nitrogens is 1. The molecule has 0 saturated carbocycles. The molecule has 0 spiro atoms. The second kappa shape index (κ2) is 6.79. The van der Waals surface area contributed by atoms with Crippen LogP contribution in [0.15, 0.2) is 36.7 Å². The van der Waals surface area contributed by atoms with E-state index >= 15 is 0 Å². The van der Waals surface area contributed by atoms with Gasteiger partial charge in [-0.05, 0) is 56.5 Å². The first kappa shape index (κ1) is 15.5. The fourth-order valence-electron chi connectivity index (χ4n) is 2.68. The highest BCUT2D eigenvalue weighted by Crippen LogP contribution is 2.30. The molecule has 5 heteroatoms. The van der Waals surface area contributed by atoms with E-state index in [2.05, 4.69) is 15.0 Å². The Morgan fingerprint density at radius 2 is 1.87 bits per heavy atom. The van der Waals surface area contributed by atoms with Gasteiger partial charge < -0.3 is 14.8 Å². The molecule has 3 aromatic rings. The predicted octanol–water partition coefficient (Wildman–Crippen LogP) is 3.34. The smallest absolute Gasteiger partial charge is 0.156 e. The molecule has 0 aliphatic carbocycles. The van der Waals surface area contributed by atoms with E-state index in [-0.39, 0.29) is 12.7 Å². The lowest BCUT2D eigenvalue weighted by molar-refractivity contribution is 0.242. The summed E-state index contributed by atoms with van der Waals surface area (Å²) in [5.41, 5.74) is 4.82. The zero-order chi connectivity index (χ0) is 16.2. The highest BCUT2D eigenvalue weighted by atomic mass is 16.5. The van der Waals surface area contributed by atoms with Gasteiger partial charge in [0.05, 0.1) is 11.8 Å². The third-order valence-corrected chi connectivity index (χ3v) is 3.63. The quantitative estimate of drug-likeness (QED) is 0.732. The molecule has 0 radical (unpaired) electrons. The summed E-state index contributed by atoms with van der Waals surface area (Å²) < 4.78 is 5.69. The third kappa shape index (κ3) is 3.35. The molecule has 2 aromatic heterocycles. The average molecular weight is 311 g/mol. The molecule has 0 unspecified atom stereocenters. The molecule has 120 valence electrons. The number of ether oxygens (including phenoxy) is 1. The summed E-state index contributed by atoms with van der Waals surface area (Å²) in [7, 11) is 0. The fraction of sp³-hybridized carbons (Fsp3) is 0.333. The average Bonchev–Trinajstić information content (AvgIpc) is 2.91. The van der Waals surface area contributed by atoms with E-state index in [1.807, 2.05) is 38.1 Å². The molecular formula is C18H21N3O2. The molecule has 0 aliphatic heterocycles. The van der Waals surface area contributed by atoms with Crippen LogP contribution in [0.2, 0.25) is 0 Å². The Labute approximate surface area is 135 Å². The van der Waals surface area contributed by atoms with Crippen molar-refractivity contribution in [2.24, 2.45) is 0 Å². The van der Waals surface area contributed by atoms with Crippen molar-refractivity contribution >= 4 is 11.2 Å². The van der Waals surface area contributed by atoms with Crippen LogP contribution in [-0.4, -0.2) is 32.8 Å². The highest BCUT2D eigenvalue weighted by Gasteiger charge is 2.14. The Bertz CT molecular complexity index is 779. The molecule has 5 nitrogen and oxygen atoms in total. The molecule has 0 aliphatic rings. The first-order chi connectivity index (χ1) is 11.2. The molecule has 23 heavy (non-hydrogen) atoms. The number of aromatic nitrogens is 3. The van der Waals surface area contributed by atoms with Crippen LogP contribution in [0, 0.1) is 0 Å². The van der Waals surface area contributed by atoms with Crippen molar-refractivity contribution in [3.05, 3.63) is 42.2 Å². The number of aromatic amines is 1. The first-order valence-corrected chi connectivity index (χ1v) is 7.88. The highest BCUT2D eigenvalue weighted by molar-refractivity contribution is 5.85. The molecule has 0 amide bonds. The maximum atomic E-state index is 9.16. The first-order valence-electron chi connectivity index (χ1n) is 7.88. The van der Waals surface area contributed by atoms with E-state index in [4.69, 9.17) is 9.84 Å². The Morgan fingerprint density at radius 3 is 2.57 bits per heavy atom. The van der Waals surface area contributed by atoms with Gasteiger partial charge in [0.25, 0.3) is 0 Å². The van der Waals surface area contributed by atoms with Crippen LogP contribution >= 0.6 is 0 Å². The van der Waals surface area contributed by atoms with Gasteiger partial charge in [0.2, 0.25) is 0 Å². The van der Waals surface area contributed by atoms with E-state index in [9.17, 15) is 0 Å². The molecule has 2 heterocycles. The Hall–Kier alpha value is -2.40. The van der Waals surface area contributed by atoms with Crippen molar-refractivity contribution < 1.29 is 9.84 Å². The van der Waals surface area contributed by atoms with Crippen molar-refractivity contribution in [1.29, 1.82) is 0 Å². The van der Waals surface area contributed by atoms with Gasteiger partial charge in [0, 0.05) is 24.6 Å². The molecule has 0 saturated heterocycles. The monoisotopic (exact) mass is 311 g/mol. The van der Waals surface area contributed by atoms with Gasteiger partial charge in [-0.2, -0.15) is 0 Å². The number of hydrogen-bond acceptors (Lipinski definition) is 4. The maximum Gasteiger partial charge on any atom is 0.156 e. The molecule has 2 N–H and O–H groups in total. The van der Waals surface area contributed by atoms with E-state index in [1.165, 1.54) is 0 Å². The Balaban J connectivity index is 2.00. The predicted molar refractivity (Wildman–Crippen MR) is 90.5 cm³/mol. The van der Waals surface area contributed by atoms with Crippen LogP contribution in [0.25, 0.3) is 22.4 Å². The van der Waals surface area contributed by atoms with Gasteiger partial charge in [0.1, 0.15) is 11.3 Å². The van der Waals surface area contributed by atoms with Crippen LogP contribution in [0.4, 0.5) is 0 Å². The van der Waals surface area contributed by atoms with Crippen molar-refractivity contribution in [1.82, 2.24) is 15.0 Å². The van der Waals surface area contributed by atoms with E-state index in [1.54, 1.807) is 12.4 Å². The second-order valence-corrected chi connectivity index (χ2v) is 5.75. The number of aliphatic hydroxyl groups is 1. The molecular weight excluding hydrogens is 290 g/mol. The minimum Gasteiger partial charge on any atom is -0.491 e. The molecule has 0 fully saturated rings. The molecule has 1 aromatic carbocycles. The SMILES string of the molecule is CC(C)Oc1ccc(-c2[nH]c3nccnc3c2CCCO)cc1. The number of rotatable bonds is 6. The number of hydrogen-bond donors (Lipinski definition) is 2. The standard InChI is InChI=1S/C18H21N3O2/c1-12(2)23-14-7-5-13(6-8-14)16-15(4-3-11-22)17-18(21-16)20-10-9-19-17/h5-10,12,22H,3-4,11H2,1-2H3,(H,20,21). The summed E-state index contributed by atoms with van der Waals surface area (Å²) in [6.07, 6.45) is 4.99. The van der Waals surface area contributed by atoms with Gasteiger partial charge in [0.15, 0.2) is 5.65 Å². The summed E-state index contributed by atoms with van der Waals surface area (Å²) in [6.45, 7) is 4.18. The van der Waals surface area contributed by atoms with E-state index in [0.717, 1.165) is 40.2 Å². The number of aliphatic hydroxyl groups excluding tert-OH is 1. The van der Waals surface area contributed by atoms with Gasteiger partial charge in [-0.25, -0.2) is 4.98 Å². The number of nitrogens with one attached hydrogen (secondary N) is 1. The molecule has 0 atom stereocenters. The Kier molecular flexibility index (Phi) is 4.57. The lowest BCUT2D eigenvalue weighted by Crippen LogP contribution is -2.05. The van der Waals surface area contributed by atoms with Gasteiger partial charge in [-0.15, -0.1) is 0 Å². The summed E-state index contributed by atoms with van der Waals surface area (Å²) in [5, 5.41) is 9.16. The van der Waals surface area contributed by atoms with Crippen molar-refractivity contribution in [3.8, 4) is 17.0 Å². The van der Waals surface area contributed by atoms with E-state index < -0.39 is 0 Å². The largest absolute Gasteiger partial charge is 0.491 e. The van der Waals surface area contributed by atoms with Crippen LogP contribution < -0.4 is 4.74 Å². The zero-order valence-corrected chi connectivity index (χ0v) is 13.4. The number of fused-ring (bicyclic) bond motifs is 1. The van der Waals surface area contributed by atoms with Crippen molar-refractivity contribution in [2.75, 3.05) is 6.61 Å². The summed E-state index contributed by atoms with van der Waals surface area (Å²) in [6, 6.07) is 8.00. The van der Waals surface area contributed by atoms with Crippen LogP contribution in [-0.2, 0) is 6.42 Å². The molecule has 3 rings (SSSR count). The van der Waals surface area contributed by atoms with Crippen LogP contribution in [0.1, 0.15) is 25.8 Å². The van der Waals surface area contributed by atoms with Crippen molar-refractivity contribution in [3.63, 3.8) is 0 Å². The number of aryl methyl sites for hydroxylation is 1. The summed E-state index contributed by atoms with van der Waals surface area (Å²) >= 11 is 0. The Morgan fingerprint density at radius 1 is 1.13 bits per heavy atom. The van der Waals surface area contributed by atoms with Gasteiger partial charge >= 0.3 is 0 Å². The minimum absolute atomic E-state index is 0.155. The minimum atomic E-state index is 0.155. The second-order valence-electron chi connectivity index (χ2n) is 5.75. The number of benzene rings is 1. The zero-order valence-electron chi connectivity index (χ0n) is 13.4. The normalized spacial score (nSPS) is 11.3. The van der Waals surface area contributed by atoms with Gasteiger partial charge in [-0.3, -0.25) is 4.98 Å². The van der Waals surface area contributed by atoms with Crippen LogP contribution in [0.3, 0.4) is 0 Å². The lowest BCUT2D eigenvalue weighted by Gasteiger charge is -2.10. The topological polar surface area (TPSA) is 71.0 Å². The summed E-state index contributed by atoms with van der Waals surface area (Å²) in [4.78, 5) is 12.1. The maximum absolute atomic E-state index is 9.16.